The maximum absolute atomic E-state index is 13.0. The summed E-state index contributed by atoms with van der Waals surface area (Å²) in [5, 5.41) is 0.0348. The lowest BCUT2D eigenvalue weighted by Crippen LogP contribution is -2.43. The number of methoxy groups -OCH3 is 1. The van der Waals surface area contributed by atoms with Crippen LogP contribution in [0.5, 0.6) is 17.2 Å². The number of halogens is 2. The van der Waals surface area contributed by atoms with Crippen molar-refractivity contribution >= 4 is 23.4 Å². The summed E-state index contributed by atoms with van der Waals surface area (Å²) in [6.45, 7) is 3.32. The lowest BCUT2D eigenvalue weighted by atomic mass is 10.2. The van der Waals surface area contributed by atoms with Gasteiger partial charge in [-0.15, -0.1) is 0 Å². The molecule has 2 amide bonds. The molecule has 0 aliphatic carbocycles. The summed E-state index contributed by atoms with van der Waals surface area (Å²) < 4.78 is 29.0. The van der Waals surface area contributed by atoms with Crippen molar-refractivity contribution in [3.8, 4) is 17.2 Å². The van der Waals surface area contributed by atoms with Gasteiger partial charge in [-0.25, -0.2) is 4.39 Å². The van der Waals surface area contributed by atoms with Crippen LogP contribution in [-0.4, -0.2) is 31.6 Å². The third kappa shape index (κ3) is 6.02. The predicted octanol–water partition coefficient (Wildman–Crippen LogP) is 3.11. The monoisotopic (exact) mass is 410 g/mol. The van der Waals surface area contributed by atoms with Crippen LogP contribution < -0.4 is 25.1 Å². The largest absolute Gasteiger partial charge is 0.493 e. The second-order valence-corrected chi connectivity index (χ2v) is 6.31. The molecule has 2 N–H and O–H groups in total. The van der Waals surface area contributed by atoms with Gasteiger partial charge >= 0.3 is 0 Å². The first-order chi connectivity index (χ1) is 13.3. The Bertz CT molecular complexity index is 860. The van der Waals surface area contributed by atoms with Crippen molar-refractivity contribution in [3.05, 3.63) is 52.8 Å². The maximum atomic E-state index is 13.0. The molecule has 0 unspecified atom stereocenters. The van der Waals surface area contributed by atoms with Crippen LogP contribution in [0.25, 0.3) is 0 Å². The number of hydrogen-bond acceptors (Lipinski definition) is 5. The maximum Gasteiger partial charge on any atom is 0.276 e. The van der Waals surface area contributed by atoms with Gasteiger partial charge < -0.3 is 14.2 Å². The summed E-state index contributed by atoms with van der Waals surface area (Å²) in [4.78, 5) is 24.0. The Morgan fingerprint density at radius 2 is 1.79 bits per heavy atom. The molecule has 0 bridgehead atoms. The first kappa shape index (κ1) is 21.3. The molecule has 0 fully saturated rings. The quantitative estimate of drug-likeness (QED) is 0.685. The van der Waals surface area contributed by atoms with Crippen molar-refractivity contribution in [2.75, 3.05) is 13.7 Å². The van der Waals surface area contributed by atoms with Crippen LogP contribution in [0.4, 0.5) is 4.39 Å². The van der Waals surface area contributed by atoms with Crippen LogP contribution >= 0.6 is 11.6 Å². The van der Waals surface area contributed by atoms with Crippen LogP contribution in [0.1, 0.15) is 24.2 Å². The van der Waals surface area contributed by atoms with Crippen molar-refractivity contribution in [2.45, 2.75) is 20.0 Å². The smallest absolute Gasteiger partial charge is 0.276 e. The minimum atomic E-state index is -0.625. The van der Waals surface area contributed by atoms with Crippen molar-refractivity contribution in [1.82, 2.24) is 10.9 Å². The predicted molar refractivity (Wildman–Crippen MR) is 101 cm³/mol. The number of nitrogens with one attached hydrogen (secondary N) is 2. The molecule has 7 nitrogen and oxygen atoms in total. The van der Waals surface area contributed by atoms with E-state index in [4.69, 9.17) is 25.8 Å². The van der Waals surface area contributed by atoms with Crippen LogP contribution in [0.15, 0.2) is 36.4 Å². The van der Waals surface area contributed by atoms with Gasteiger partial charge in [0.05, 0.1) is 18.2 Å². The molecule has 0 aromatic heterocycles. The molecule has 0 saturated carbocycles. The Hall–Kier alpha value is -3.00. The Morgan fingerprint density at radius 1 is 1.07 bits per heavy atom. The van der Waals surface area contributed by atoms with Gasteiger partial charge in [0.25, 0.3) is 11.8 Å². The molecule has 28 heavy (non-hydrogen) atoms. The summed E-state index contributed by atoms with van der Waals surface area (Å²) in [6, 6.07) is 8.16. The molecule has 0 heterocycles. The van der Waals surface area contributed by atoms with Crippen LogP contribution in [0.3, 0.4) is 0 Å². The lowest BCUT2D eigenvalue weighted by molar-refractivity contribution is -0.123. The standard InChI is InChI=1S/C19H20ClFN2O5/c1-11(2)28-16-6-4-12(8-17(16)26-3)19(25)23-22-18(24)10-27-15-7-5-13(21)9-14(15)20/h4-9,11H,10H2,1-3H3,(H,22,24)(H,23,25). The Kier molecular flexibility index (Phi) is 7.45. The normalized spacial score (nSPS) is 10.4. The second-order valence-electron chi connectivity index (χ2n) is 5.90. The highest BCUT2D eigenvalue weighted by Gasteiger charge is 2.13. The summed E-state index contributed by atoms with van der Waals surface area (Å²) >= 11 is 5.80. The third-order valence-corrected chi connectivity index (χ3v) is 3.65. The lowest BCUT2D eigenvalue weighted by Gasteiger charge is -2.14. The van der Waals surface area contributed by atoms with Gasteiger partial charge in [0.1, 0.15) is 11.6 Å². The fourth-order valence-corrected chi connectivity index (χ4v) is 2.35. The molecule has 9 heteroatoms. The molecular weight excluding hydrogens is 391 g/mol. The van der Waals surface area contributed by atoms with Gasteiger partial charge in [-0.2, -0.15) is 0 Å². The van der Waals surface area contributed by atoms with Crippen LogP contribution in [0, 0.1) is 5.82 Å². The van der Waals surface area contributed by atoms with Crippen molar-refractivity contribution < 1.29 is 28.2 Å². The number of carbonyl (C=O) groups is 2. The van der Waals surface area contributed by atoms with Gasteiger partial charge in [-0.05, 0) is 50.2 Å². The zero-order valence-corrected chi connectivity index (χ0v) is 16.3. The Balaban J connectivity index is 1.89. The third-order valence-electron chi connectivity index (χ3n) is 3.36. The van der Waals surface area contributed by atoms with E-state index in [2.05, 4.69) is 10.9 Å². The molecule has 0 atom stereocenters. The van der Waals surface area contributed by atoms with E-state index in [0.29, 0.717) is 11.5 Å². The summed E-state index contributed by atoms with van der Waals surface area (Å²) in [6.07, 6.45) is -0.0533. The van der Waals surface area contributed by atoms with Crippen molar-refractivity contribution in [3.63, 3.8) is 0 Å². The van der Waals surface area contributed by atoms with Gasteiger partial charge in [-0.3, -0.25) is 20.4 Å². The number of ether oxygens (including phenoxy) is 3. The number of hydrazine groups is 1. The highest BCUT2D eigenvalue weighted by molar-refractivity contribution is 6.32. The number of hydrogen-bond donors (Lipinski definition) is 2. The van der Waals surface area contributed by atoms with Crippen molar-refractivity contribution in [1.29, 1.82) is 0 Å². The molecule has 0 spiro atoms. The van der Waals surface area contributed by atoms with E-state index >= 15 is 0 Å². The van der Waals surface area contributed by atoms with Gasteiger partial charge in [0.2, 0.25) is 0 Å². The molecule has 0 aliphatic rings. The summed E-state index contributed by atoms with van der Waals surface area (Å²) in [7, 11) is 1.46. The molecule has 2 rings (SSSR count). The Morgan fingerprint density at radius 3 is 2.43 bits per heavy atom. The molecule has 0 radical (unpaired) electrons. The molecule has 0 saturated heterocycles. The average molecular weight is 411 g/mol. The zero-order chi connectivity index (χ0) is 20.7. The first-order valence-corrected chi connectivity index (χ1v) is 8.69. The zero-order valence-electron chi connectivity index (χ0n) is 15.5. The fourth-order valence-electron chi connectivity index (χ4n) is 2.13. The van der Waals surface area contributed by atoms with Gasteiger partial charge in [0.15, 0.2) is 18.1 Å². The van der Waals surface area contributed by atoms with E-state index < -0.39 is 24.2 Å². The highest BCUT2D eigenvalue weighted by Crippen LogP contribution is 2.29. The van der Waals surface area contributed by atoms with Crippen LogP contribution in [-0.2, 0) is 4.79 Å². The molecular formula is C19H20ClFN2O5. The van der Waals surface area contributed by atoms with E-state index in [9.17, 15) is 14.0 Å². The van der Waals surface area contributed by atoms with Gasteiger partial charge in [0, 0.05) is 5.56 Å². The summed E-state index contributed by atoms with van der Waals surface area (Å²) in [5.74, 6) is -0.656. The molecule has 2 aromatic carbocycles. The van der Waals surface area contributed by atoms with E-state index in [-0.39, 0.29) is 22.4 Å². The summed E-state index contributed by atoms with van der Waals surface area (Å²) in [5.41, 5.74) is 4.74. The molecule has 0 aliphatic heterocycles. The average Bonchev–Trinajstić information content (AvgIpc) is 2.65. The van der Waals surface area contributed by atoms with Crippen molar-refractivity contribution in [2.24, 2.45) is 0 Å². The number of rotatable bonds is 7. The SMILES string of the molecule is COc1cc(C(=O)NNC(=O)COc2ccc(F)cc2Cl)ccc1OC(C)C. The topological polar surface area (TPSA) is 85.9 Å². The van der Waals surface area contributed by atoms with E-state index in [1.54, 1.807) is 6.07 Å². The first-order valence-electron chi connectivity index (χ1n) is 8.32. The minimum absolute atomic E-state index is 0.0348. The van der Waals surface area contributed by atoms with E-state index in [0.717, 1.165) is 12.1 Å². The fraction of sp³-hybridized carbons (Fsp3) is 0.263. The highest BCUT2D eigenvalue weighted by atomic mass is 35.5. The number of carbonyl (C=O) groups excluding carboxylic acids is 2. The molecule has 2 aromatic rings. The van der Waals surface area contributed by atoms with E-state index in [1.165, 1.54) is 25.3 Å². The molecule has 150 valence electrons. The van der Waals surface area contributed by atoms with Crippen LogP contribution in [0.2, 0.25) is 5.02 Å². The number of amides is 2. The van der Waals surface area contributed by atoms with E-state index in [1.807, 2.05) is 13.8 Å². The van der Waals surface area contributed by atoms with Gasteiger partial charge in [-0.1, -0.05) is 11.6 Å². The minimum Gasteiger partial charge on any atom is -0.493 e. The Labute approximate surface area is 166 Å². The second kappa shape index (κ2) is 9.80. The number of benzene rings is 2.